The molecule has 1 N–H and O–H groups in total. The van der Waals surface area contributed by atoms with Crippen molar-refractivity contribution in [2.45, 2.75) is 6.42 Å². The SMILES string of the molecule is O=C(NCCc1ccccc1)c1cc(-c2ccco2)nn1-c1ccccc1. The van der Waals surface area contributed by atoms with Crippen molar-refractivity contribution in [2.75, 3.05) is 6.54 Å². The predicted molar refractivity (Wildman–Crippen MR) is 104 cm³/mol. The van der Waals surface area contributed by atoms with Crippen LogP contribution in [0.2, 0.25) is 0 Å². The molecule has 0 aliphatic rings. The van der Waals surface area contributed by atoms with Crippen LogP contribution in [0.4, 0.5) is 0 Å². The van der Waals surface area contributed by atoms with Gasteiger partial charge >= 0.3 is 0 Å². The molecule has 0 radical (unpaired) electrons. The van der Waals surface area contributed by atoms with Gasteiger partial charge in [0.15, 0.2) is 5.76 Å². The predicted octanol–water partition coefficient (Wildman–Crippen LogP) is 4.10. The van der Waals surface area contributed by atoms with Crippen molar-refractivity contribution in [1.29, 1.82) is 0 Å². The number of benzene rings is 2. The minimum Gasteiger partial charge on any atom is -0.463 e. The average molecular weight is 357 g/mol. The van der Waals surface area contributed by atoms with Gasteiger partial charge in [0.1, 0.15) is 11.4 Å². The molecule has 4 rings (SSSR count). The first-order chi connectivity index (χ1) is 13.3. The summed E-state index contributed by atoms with van der Waals surface area (Å²) in [6.45, 7) is 0.554. The molecule has 0 saturated carbocycles. The fourth-order valence-corrected chi connectivity index (χ4v) is 2.91. The van der Waals surface area contributed by atoms with Gasteiger partial charge in [0, 0.05) is 12.6 Å². The average Bonchev–Trinajstić information content (AvgIpc) is 3.39. The Hall–Kier alpha value is -3.60. The number of carbonyl (C=O) groups excluding carboxylic acids is 1. The summed E-state index contributed by atoms with van der Waals surface area (Å²) in [5, 5.41) is 7.56. The molecule has 0 bridgehead atoms. The van der Waals surface area contributed by atoms with E-state index in [9.17, 15) is 4.79 Å². The molecule has 0 saturated heterocycles. The zero-order valence-corrected chi connectivity index (χ0v) is 14.7. The lowest BCUT2D eigenvalue weighted by Crippen LogP contribution is -2.27. The highest BCUT2D eigenvalue weighted by atomic mass is 16.3. The molecule has 2 heterocycles. The van der Waals surface area contributed by atoms with E-state index in [1.165, 1.54) is 5.56 Å². The van der Waals surface area contributed by atoms with E-state index in [0.29, 0.717) is 23.7 Å². The van der Waals surface area contributed by atoms with Crippen LogP contribution in [0.15, 0.2) is 89.5 Å². The molecule has 2 aromatic carbocycles. The van der Waals surface area contributed by atoms with E-state index in [2.05, 4.69) is 22.5 Å². The summed E-state index contributed by atoms with van der Waals surface area (Å²) in [6.07, 6.45) is 2.37. The third-order valence-corrected chi connectivity index (χ3v) is 4.26. The highest BCUT2D eigenvalue weighted by molar-refractivity contribution is 5.94. The van der Waals surface area contributed by atoms with E-state index in [0.717, 1.165) is 12.1 Å². The molecule has 5 nitrogen and oxygen atoms in total. The first kappa shape index (κ1) is 16.8. The maximum atomic E-state index is 12.8. The van der Waals surface area contributed by atoms with Gasteiger partial charge < -0.3 is 9.73 Å². The quantitative estimate of drug-likeness (QED) is 0.565. The van der Waals surface area contributed by atoms with Crippen molar-refractivity contribution in [2.24, 2.45) is 0 Å². The lowest BCUT2D eigenvalue weighted by molar-refractivity contribution is 0.0946. The summed E-state index contributed by atoms with van der Waals surface area (Å²) in [6, 6.07) is 25.1. The fraction of sp³-hybridized carbons (Fsp3) is 0.0909. The van der Waals surface area contributed by atoms with Crippen molar-refractivity contribution < 1.29 is 9.21 Å². The van der Waals surface area contributed by atoms with Gasteiger partial charge in [-0.2, -0.15) is 5.10 Å². The summed E-state index contributed by atoms with van der Waals surface area (Å²) in [5.74, 6) is 0.461. The van der Waals surface area contributed by atoms with Crippen molar-refractivity contribution in [1.82, 2.24) is 15.1 Å². The Kier molecular flexibility index (Phi) is 4.83. The minimum absolute atomic E-state index is 0.167. The maximum absolute atomic E-state index is 12.8. The van der Waals surface area contributed by atoms with E-state index in [1.54, 1.807) is 23.1 Å². The van der Waals surface area contributed by atoms with Crippen LogP contribution in [0.3, 0.4) is 0 Å². The second-order valence-corrected chi connectivity index (χ2v) is 6.13. The van der Waals surface area contributed by atoms with Gasteiger partial charge in [-0.05, 0) is 36.2 Å². The van der Waals surface area contributed by atoms with Crippen LogP contribution in [0.1, 0.15) is 16.1 Å². The first-order valence-electron chi connectivity index (χ1n) is 8.83. The molecule has 2 aromatic heterocycles. The molecule has 0 aliphatic heterocycles. The number of rotatable bonds is 6. The number of para-hydroxylation sites is 1. The molecule has 0 spiro atoms. The van der Waals surface area contributed by atoms with Crippen LogP contribution in [0, 0.1) is 0 Å². The molecule has 134 valence electrons. The summed E-state index contributed by atoms with van der Waals surface area (Å²) in [5.41, 5.74) is 3.10. The van der Waals surface area contributed by atoms with Gasteiger partial charge in [0.25, 0.3) is 5.91 Å². The molecule has 0 unspecified atom stereocenters. The summed E-state index contributed by atoms with van der Waals surface area (Å²) >= 11 is 0. The smallest absolute Gasteiger partial charge is 0.270 e. The highest BCUT2D eigenvalue weighted by Gasteiger charge is 2.18. The van der Waals surface area contributed by atoms with E-state index in [4.69, 9.17) is 4.42 Å². The number of nitrogens with one attached hydrogen (secondary N) is 1. The van der Waals surface area contributed by atoms with Crippen LogP contribution < -0.4 is 5.32 Å². The van der Waals surface area contributed by atoms with Crippen molar-refractivity contribution in [3.63, 3.8) is 0 Å². The minimum atomic E-state index is -0.167. The number of aromatic nitrogens is 2. The number of furan rings is 1. The van der Waals surface area contributed by atoms with Crippen LogP contribution in [0.25, 0.3) is 17.1 Å². The lowest BCUT2D eigenvalue weighted by atomic mass is 10.1. The largest absolute Gasteiger partial charge is 0.463 e. The fourth-order valence-electron chi connectivity index (χ4n) is 2.91. The van der Waals surface area contributed by atoms with E-state index >= 15 is 0 Å². The van der Waals surface area contributed by atoms with Gasteiger partial charge in [-0.15, -0.1) is 0 Å². The van der Waals surface area contributed by atoms with E-state index in [1.807, 2.05) is 54.6 Å². The van der Waals surface area contributed by atoms with Crippen molar-refractivity contribution in [3.8, 4) is 17.1 Å². The van der Waals surface area contributed by atoms with E-state index in [-0.39, 0.29) is 5.91 Å². The Labute approximate surface area is 157 Å². The number of nitrogens with zero attached hydrogens (tertiary/aromatic N) is 2. The topological polar surface area (TPSA) is 60.1 Å². The standard InChI is InChI=1S/C22H19N3O2/c26-22(23-14-13-17-8-3-1-4-9-17)20-16-19(21-12-7-15-27-21)24-25(20)18-10-5-2-6-11-18/h1-12,15-16H,13-14H2,(H,23,26). The van der Waals surface area contributed by atoms with Crippen LogP contribution in [-0.2, 0) is 6.42 Å². The van der Waals surface area contributed by atoms with Gasteiger partial charge in [-0.25, -0.2) is 4.68 Å². The Balaban J connectivity index is 1.57. The lowest BCUT2D eigenvalue weighted by Gasteiger charge is -2.08. The van der Waals surface area contributed by atoms with Crippen molar-refractivity contribution in [3.05, 3.63) is 96.4 Å². The highest BCUT2D eigenvalue weighted by Crippen LogP contribution is 2.22. The summed E-state index contributed by atoms with van der Waals surface area (Å²) in [4.78, 5) is 12.8. The molecule has 0 atom stereocenters. The number of carbonyl (C=O) groups is 1. The van der Waals surface area contributed by atoms with Gasteiger partial charge in [0.2, 0.25) is 0 Å². The number of hydrogen-bond donors (Lipinski definition) is 1. The van der Waals surface area contributed by atoms with Gasteiger partial charge in [-0.1, -0.05) is 48.5 Å². The molecular weight excluding hydrogens is 338 g/mol. The van der Waals surface area contributed by atoms with Crippen molar-refractivity contribution >= 4 is 5.91 Å². The van der Waals surface area contributed by atoms with Crippen LogP contribution >= 0.6 is 0 Å². The van der Waals surface area contributed by atoms with Gasteiger partial charge in [-0.3, -0.25) is 4.79 Å². The Morgan fingerprint density at radius 3 is 2.41 bits per heavy atom. The second-order valence-electron chi connectivity index (χ2n) is 6.13. The molecule has 4 aromatic rings. The normalized spacial score (nSPS) is 10.7. The molecule has 0 fully saturated rings. The molecule has 27 heavy (non-hydrogen) atoms. The third kappa shape index (κ3) is 3.82. The Bertz CT molecular complexity index is 1010. The van der Waals surface area contributed by atoms with Gasteiger partial charge in [0.05, 0.1) is 12.0 Å². The van der Waals surface area contributed by atoms with Crippen LogP contribution in [-0.4, -0.2) is 22.2 Å². The second kappa shape index (κ2) is 7.74. The molecule has 5 heteroatoms. The van der Waals surface area contributed by atoms with Crippen LogP contribution in [0.5, 0.6) is 0 Å². The molecule has 1 amide bonds. The monoisotopic (exact) mass is 357 g/mol. The number of amides is 1. The maximum Gasteiger partial charge on any atom is 0.270 e. The number of hydrogen-bond acceptors (Lipinski definition) is 3. The van der Waals surface area contributed by atoms with E-state index < -0.39 is 0 Å². The summed E-state index contributed by atoms with van der Waals surface area (Å²) in [7, 11) is 0. The zero-order valence-electron chi connectivity index (χ0n) is 14.7. The Morgan fingerprint density at radius 1 is 0.963 bits per heavy atom. The molecular formula is C22H19N3O2. The zero-order chi connectivity index (χ0) is 18.5. The third-order valence-electron chi connectivity index (χ3n) is 4.26. The molecule has 0 aliphatic carbocycles. The summed E-state index contributed by atoms with van der Waals surface area (Å²) < 4.78 is 7.08. The first-order valence-corrected chi connectivity index (χ1v) is 8.83. The Morgan fingerprint density at radius 2 is 1.70 bits per heavy atom.